The van der Waals surface area contributed by atoms with E-state index in [1.54, 1.807) is 13.0 Å². The van der Waals surface area contributed by atoms with Crippen LogP contribution in [0.2, 0.25) is 0 Å². The molecular weight excluding hydrogens is 225 g/mol. The van der Waals surface area contributed by atoms with Crippen LogP contribution in [0.15, 0.2) is 24.3 Å². The molecule has 0 aliphatic heterocycles. The van der Waals surface area contributed by atoms with Crippen LogP contribution < -0.4 is 5.73 Å². The smallest absolute Gasteiger partial charge is 0.376 e. The fourth-order valence-electron chi connectivity index (χ4n) is 1.17. The number of hydrogen-bond donors (Lipinski definition) is 1. The van der Waals surface area contributed by atoms with Gasteiger partial charge in [0.25, 0.3) is 5.78 Å². The van der Waals surface area contributed by atoms with Crippen LogP contribution >= 0.6 is 0 Å². The molecule has 1 atom stereocenters. The van der Waals surface area contributed by atoms with E-state index in [2.05, 4.69) is 4.74 Å². The number of hydrogen-bond acceptors (Lipinski definition) is 4. The van der Waals surface area contributed by atoms with Gasteiger partial charge in [-0.1, -0.05) is 25.1 Å². The Morgan fingerprint density at radius 3 is 2.65 bits per heavy atom. The molecule has 17 heavy (non-hydrogen) atoms. The van der Waals surface area contributed by atoms with Crippen LogP contribution in [-0.4, -0.2) is 17.8 Å². The highest BCUT2D eigenvalue weighted by atomic mass is 19.1. The molecule has 0 saturated heterocycles. The first-order valence-corrected chi connectivity index (χ1v) is 5.26. The summed E-state index contributed by atoms with van der Waals surface area (Å²) in [6.07, 6.45) is 0.355. The molecule has 1 rings (SSSR count). The summed E-state index contributed by atoms with van der Waals surface area (Å²) in [5, 5.41) is 0. The van der Waals surface area contributed by atoms with Gasteiger partial charge in [0, 0.05) is 5.56 Å². The number of Topliss-reactive ketones (excluding diaryl/α,β-unsaturated/α-hetero) is 1. The van der Waals surface area contributed by atoms with E-state index in [-0.39, 0.29) is 12.2 Å². The number of benzene rings is 1. The van der Waals surface area contributed by atoms with Gasteiger partial charge in [0.15, 0.2) is 0 Å². The Hall–Kier alpha value is -1.75. The van der Waals surface area contributed by atoms with Crippen LogP contribution in [0.3, 0.4) is 0 Å². The first kappa shape index (κ1) is 13.3. The molecule has 4 nitrogen and oxygen atoms in total. The highest BCUT2D eigenvalue weighted by Crippen LogP contribution is 2.08. The van der Waals surface area contributed by atoms with Crippen molar-refractivity contribution in [2.75, 3.05) is 0 Å². The Balaban J connectivity index is 2.55. The van der Waals surface area contributed by atoms with Gasteiger partial charge in [-0.3, -0.25) is 4.79 Å². The minimum Gasteiger partial charge on any atom is -0.455 e. The predicted molar refractivity (Wildman–Crippen MR) is 59.5 cm³/mol. The standard InChI is InChI=1S/C12H14FNO3/c1-2-10(14)11(15)12(16)17-7-8-5-3-4-6-9(8)13/h3-6,10H,2,7,14H2,1H3. The van der Waals surface area contributed by atoms with Crippen LogP contribution in [0.25, 0.3) is 0 Å². The summed E-state index contributed by atoms with van der Waals surface area (Å²) in [6, 6.07) is 5.02. The molecule has 0 radical (unpaired) electrons. The van der Waals surface area contributed by atoms with Crippen molar-refractivity contribution in [3.8, 4) is 0 Å². The third kappa shape index (κ3) is 3.64. The number of ketones is 1. The minimum absolute atomic E-state index is 0.221. The third-order valence-electron chi connectivity index (χ3n) is 2.29. The van der Waals surface area contributed by atoms with Gasteiger partial charge in [0.1, 0.15) is 12.4 Å². The number of carbonyl (C=O) groups excluding carboxylic acids is 2. The number of rotatable bonds is 5. The topological polar surface area (TPSA) is 69.4 Å². The van der Waals surface area contributed by atoms with Crippen molar-refractivity contribution in [2.24, 2.45) is 5.73 Å². The number of ether oxygens (including phenoxy) is 1. The SMILES string of the molecule is CCC(N)C(=O)C(=O)OCc1ccccc1F. The van der Waals surface area contributed by atoms with E-state index in [1.165, 1.54) is 18.2 Å². The summed E-state index contributed by atoms with van der Waals surface area (Å²) in [5.74, 6) is -2.29. The van der Waals surface area contributed by atoms with Gasteiger partial charge in [-0.2, -0.15) is 0 Å². The lowest BCUT2D eigenvalue weighted by Gasteiger charge is -2.08. The minimum atomic E-state index is -1.03. The molecule has 0 aliphatic rings. The zero-order chi connectivity index (χ0) is 12.8. The number of halogens is 1. The highest BCUT2D eigenvalue weighted by molar-refractivity contribution is 6.35. The van der Waals surface area contributed by atoms with Crippen molar-refractivity contribution in [3.63, 3.8) is 0 Å². The molecule has 0 heterocycles. The molecule has 1 aromatic rings. The van der Waals surface area contributed by atoms with Gasteiger partial charge in [-0.05, 0) is 12.5 Å². The monoisotopic (exact) mass is 239 g/mol. The van der Waals surface area contributed by atoms with E-state index in [9.17, 15) is 14.0 Å². The number of esters is 1. The van der Waals surface area contributed by atoms with Crippen LogP contribution in [0, 0.1) is 5.82 Å². The van der Waals surface area contributed by atoms with Gasteiger partial charge in [-0.15, -0.1) is 0 Å². The molecule has 1 aromatic carbocycles. The van der Waals surface area contributed by atoms with E-state index in [0.29, 0.717) is 6.42 Å². The molecule has 0 amide bonds. The fraction of sp³-hybridized carbons (Fsp3) is 0.333. The maximum atomic E-state index is 13.2. The second-order valence-corrected chi connectivity index (χ2v) is 3.55. The van der Waals surface area contributed by atoms with Crippen molar-refractivity contribution in [2.45, 2.75) is 26.0 Å². The van der Waals surface area contributed by atoms with Crippen LogP contribution in [0.4, 0.5) is 4.39 Å². The van der Waals surface area contributed by atoms with Crippen molar-refractivity contribution in [3.05, 3.63) is 35.6 Å². The molecule has 5 heteroatoms. The van der Waals surface area contributed by atoms with E-state index in [4.69, 9.17) is 5.73 Å². The van der Waals surface area contributed by atoms with Gasteiger partial charge in [0.2, 0.25) is 0 Å². The summed E-state index contributed by atoms with van der Waals surface area (Å²) in [4.78, 5) is 22.5. The molecule has 0 aliphatic carbocycles. The van der Waals surface area contributed by atoms with Gasteiger partial charge >= 0.3 is 5.97 Å². The first-order chi connectivity index (χ1) is 8.06. The molecule has 2 N–H and O–H groups in total. The number of carbonyl (C=O) groups is 2. The van der Waals surface area contributed by atoms with Gasteiger partial charge in [-0.25, -0.2) is 9.18 Å². The molecule has 92 valence electrons. The second kappa shape index (κ2) is 6.10. The Morgan fingerprint density at radius 2 is 2.06 bits per heavy atom. The lowest BCUT2D eigenvalue weighted by atomic mass is 10.1. The zero-order valence-corrected chi connectivity index (χ0v) is 9.48. The maximum Gasteiger partial charge on any atom is 0.376 e. The fourth-order valence-corrected chi connectivity index (χ4v) is 1.17. The van der Waals surface area contributed by atoms with E-state index in [0.717, 1.165) is 0 Å². The normalized spacial score (nSPS) is 11.9. The van der Waals surface area contributed by atoms with E-state index >= 15 is 0 Å². The predicted octanol–water partition coefficient (Wildman–Crippen LogP) is 1.18. The maximum absolute atomic E-state index is 13.2. The van der Waals surface area contributed by atoms with E-state index in [1.807, 2.05) is 0 Å². The average molecular weight is 239 g/mol. The van der Waals surface area contributed by atoms with Crippen molar-refractivity contribution in [1.29, 1.82) is 0 Å². The Morgan fingerprint density at radius 1 is 1.41 bits per heavy atom. The van der Waals surface area contributed by atoms with Gasteiger partial charge in [0.05, 0.1) is 6.04 Å². The van der Waals surface area contributed by atoms with Crippen LogP contribution in [0.5, 0.6) is 0 Å². The van der Waals surface area contributed by atoms with Crippen molar-refractivity contribution < 1.29 is 18.7 Å². The molecule has 0 saturated carbocycles. The van der Waals surface area contributed by atoms with Crippen molar-refractivity contribution >= 4 is 11.8 Å². The molecular formula is C12H14FNO3. The summed E-state index contributed by atoms with van der Waals surface area (Å²) >= 11 is 0. The molecule has 0 spiro atoms. The summed E-state index contributed by atoms with van der Waals surface area (Å²) in [7, 11) is 0. The summed E-state index contributed by atoms with van der Waals surface area (Å²) in [6.45, 7) is 1.42. The van der Waals surface area contributed by atoms with Crippen LogP contribution in [-0.2, 0) is 20.9 Å². The molecule has 0 aromatic heterocycles. The van der Waals surface area contributed by atoms with Crippen molar-refractivity contribution in [1.82, 2.24) is 0 Å². The van der Waals surface area contributed by atoms with E-state index < -0.39 is 23.6 Å². The largest absolute Gasteiger partial charge is 0.455 e. The summed E-state index contributed by atoms with van der Waals surface area (Å²) < 4.78 is 17.9. The highest BCUT2D eigenvalue weighted by Gasteiger charge is 2.22. The number of nitrogens with two attached hydrogens (primary N) is 1. The molecule has 1 unspecified atom stereocenters. The Bertz CT molecular complexity index is 420. The van der Waals surface area contributed by atoms with Gasteiger partial charge < -0.3 is 10.5 Å². The first-order valence-electron chi connectivity index (χ1n) is 5.26. The molecule has 0 fully saturated rings. The quantitative estimate of drug-likeness (QED) is 0.618. The molecule has 0 bridgehead atoms. The Labute approximate surface area is 98.6 Å². The average Bonchev–Trinajstić information content (AvgIpc) is 2.35. The second-order valence-electron chi connectivity index (χ2n) is 3.55. The van der Waals surface area contributed by atoms with Crippen LogP contribution in [0.1, 0.15) is 18.9 Å². The lowest BCUT2D eigenvalue weighted by molar-refractivity contribution is -0.155. The lowest BCUT2D eigenvalue weighted by Crippen LogP contribution is -2.36. The summed E-state index contributed by atoms with van der Waals surface area (Å²) in [5.41, 5.74) is 5.61. The zero-order valence-electron chi connectivity index (χ0n) is 9.48. The third-order valence-corrected chi connectivity index (χ3v) is 2.29. The Kier molecular flexibility index (Phi) is 4.78.